The van der Waals surface area contributed by atoms with Gasteiger partial charge in [-0.25, -0.2) is 4.79 Å². The van der Waals surface area contributed by atoms with Gasteiger partial charge in [0.2, 0.25) is 5.76 Å². The second kappa shape index (κ2) is 5.27. The molecule has 0 bridgehead atoms. The molecule has 6 heteroatoms. The molecule has 1 aromatic heterocycles. The van der Waals surface area contributed by atoms with E-state index < -0.39 is 16.7 Å². The highest BCUT2D eigenvalue weighted by Gasteiger charge is 2.28. The van der Waals surface area contributed by atoms with Crippen molar-refractivity contribution in [1.29, 1.82) is 0 Å². The number of ether oxygens (including phenoxy) is 1. The van der Waals surface area contributed by atoms with Crippen LogP contribution in [0.4, 0.5) is 0 Å². The Morgan fingerprint density at radius 3 is 2.71 bits per heavy atom. The fourth-order valence-electron chi connectivity index (χ4n) is 1.04. The molecule has 94 valence electrons. The largest absolute Gasteiger partial charge is 0.480 e. The number of methoxy groups -OCH3 is 1. The summed E-state index contributed by atoms with van der Waals surface area (Å²) in [4.78, 5) is 22.2. The summed E-state index contributed by atoms with van der Waals surface area (Å²) in [5.74, 6) is -0.953. The van der Waals surface area contributed by atoms with Crippen LogP contribution in [0.1, 0.15) is 30.0 Å². The standard InChI is InChI=1S/C11H14O5S/c1-11(2,10(13)14)17-6-7-4-5-16-8(7)9(12)15-3/h4-5H,6H2,1-3H3,(H,13,14). The number of aliphatic carboxylic acids is 1. The Hall–Kier alpha value is -1.43. The number of rotatable bonds is 5. The lowest BCUT2D eigenvalue weighted by Gasteiger charge is -2.17. The van der Waals surface area contributed by atoms with E-state index in [-0.39, 0.29) is 5.76 Å². The van der Waals surface area contributed by atoms with Gasteiger partial charge in [-0.15, -0.1) is 11.8 Å². The molecule has 0 aliphatic heterocycles. The molecule has 0 atom stereocenters. The van der Waals surface area contributed by atoms with Crippen molar-refractivity contribution in [3.8, 4) is 0 Å². The molecule has 0 fully saturated rings. The number of furan rings is 1. The molecule has 0 radical (unpaired) electrons. The summed E-state index contributed by atoms with van der Waals surface area (Å²) in [5, 5.41) is 8.96. The summed E-state index contributed by atoms with van der Waals surface area (Å²) in [5.41, 5.74) is 0.635. The predicted octanol–water partition coefficient (Wildman–Crippen LogP) is 2.16. The minimum atomic E-state index is -0.912. The molecule has 0 saturated carbocycles. The van der Waals surface area contributed by atoms with Crippen molar-refractivity contribution in [1.82, 2.24) is 0 Å². The summed E-state index contributed by atoms with van der Waals surface area (Å²) in [6, 6.07) is 1.64. The van der Waals surface area contributed by atoms with E-state index in [1.54, 1.807) is 19.9 Å². The molecule has 0 aliphatic rings. The van der Waals surface area contributed by atoms with Gasteiger partial charge in [-0.3, -0.25) is 4.79 Å². The predicted molar refractivity (Wildman–Crippen MR) is 63.1 cm³/mol. The average molecular weight is 258 g/mol. The van der Waals surface area contributed by atoms with E-state index in [0.717, 1.165) is 0 Å². The van der Waals surface area contributed by atoms with E-state index >= 15 is 0 Å². The van der Waals surface area contributed by atoms with Gasteiger partial charge in [-0.05, 0) is 19.9 Å². The maximum absolute atomic E-state index is 11.3. The molecule has 0 amide bonds. The Labute approximate surface area is 103 Å². The van der Waals surface area contributed by atoms with Crippen LogP contribution in [0.3, 0.4) is 0 Å². The minimum absolute atomic E-state index is 0.126. The molecule has 17 heavy (non-hydrogen) atoms. The van der Waals surface area contributed by atoms with Gasteiger partial charge in [0, 0.05) is 11.3 Å². The number of carboxylic acids is 1. The van der Waals surface area contributed by atoms with Gasteiger partial charge in [-0.1, -0.05) is 0 Å². The van der Waals surface area contributed by atoms with E-state index in [1.165, 1.54) is 25.1 Å². The zero-order chi connectivity index (χ0) is 13.1. The van der Waals surface area contributed by atoms with Crippen molar-refractivity contribution in [2.24, 2.45) is 0 Å². The average Bonchev–Trinajstić information content (AvgIpc) is 2.73. The van der Waals surface area contributed by atoms with Gasteiger partial charge in [0.1, 0.15) is 4.75 Å². The van der Waals surface area contributed by atoms with E-state index in [4.69, 9.17) is 9.52 Å². The van der Waals surface area contributed by atoms with Crippen LogP contribution in [0.2, 0.25) is 0 Å². The van der Waals surface area contributed by atoms with Crippen LogP contribution in [-0.2, 0) is 15.3 Å². The summed E-state index contributed by atoms with van der Waals surface area (Å²) in [6.07, 6.45) is 1.38. The van der Waals surface area contributed by atoms with Crippen molar-refractivity contribution >= 4 is 23.7 Å². The van der Waals surface area contributed by atoms with Crippen molar-refractivity contribution in [2.75, 3.05) is 7.11 Å². The number of carbonyl (C=O) groups is 2. The molecule has 0 saturated heterocycles. The maximum atomic E-state index is 11.3. The van der Waals surface area contributed by atoms with Crippen molar-refractivity contribution in [2.45, 2.75) is 24.3 Å². The highest BCUT2D eigenvalue weighted by Crippen LogP contribution is 2.29. The quantitative estimate of drug-likeness (QED) is 0.815. The first-order valence-electron chi connectivity index (χ1n) is 4.90. The lowest BCUT2D eigenvalue weighted by molar-refractivity contribution is -0.138. The molecule has 0 spiro atoms. The van der Waals surface area contributed by atoms with Crippen LogP contribution in [0.15, 0.2) is 16.7 Å². The summed E-state index contributed by atoms with van der Waals surface area (Å²) in [7, 11) is 1.27. The van der Waals surface area contributed by atoms with Crippen LogP contribution in [0, 0.1) is 0 Å². The topological polar surface area (TPSA) is 76.7 Å². The van der Waals surface area contributed by atoms with E-state index in [0.29, 0.717) is 11.3 Å². The summed E-state index contributed by atoms with van der Waals surface area (Å²) in [6.45, 7) is 3.22. The number of hydrogen-bond acceptors (Lipinski definition) is 5. The molecular formula is C11H14O5S. The van der Waals surface area contributed by atoms with Crippen LogP contribution >= 0.6 is 11.8 Å². The molecule has 0 unspecified atom stereocenters. The van der Waals surface area contributed by atoms with Gasteiger partial charge < -0.3 is 14.3 Å². The monoisotopic (exact) mass is 258 g/mol. The zero-order valence-electron chi connectivity index (χ0n) is 9.85. The second-order valence-corrected chi connectivity index (χ2v) is 5.47. The molecule has 1 rings (SSSR count). The highest BCUT2D eigenvalue weighted by molar-refractivity contribution is 8.00. The van der Waals surface area contributed by atoms with E-state index in [9.17, 15) is 9.59 Å². The van der Waals surface area contributed by atoms with Crippen LogP contribution in [0.5, 0.6) is 0 Å². The van der Waals surface area contributed by atoms with Gasteiger partial charge >= 0.3 is 11.9 Å². The molecule has 1 N–H and O–H groups in total. The maximum Gasteiger partial charge on any atom is 0.374 e. The van der Waals surface area contributed by atoms with Crippen LogP contribution < -0.4 is 0 Å². The van der Waals surface area contributed by atoms with Crippen molar-refractivity contribution < 1.29 is 23.8 Å². The first kappa shape index (κ1) is 13.6. The molecule has 0 aromatic carbocycles. The third-order valence-electron chi connectivity index (χ3n) is 2.22. The SMILES string of the molecule is COC(=O)c1occc1CSC(C)(C)C(=O)O. The Balaban J connectivity index is 2.74. The highest BCUT2D eigenvalue weighted by atomic mass is 32.2. The molecule has 0 aliphatic carbocycles. The fraction of sp³-hybridized carbons (Fsp3) is 0.455. The smallest absolute Gasteiger partial charge is 0.374 e. The van der Waals surface area contributed by atoms with E-state index in [2.05, 4.69) is 4.74 Å². The minimum Gasteiger partial charge on any atom is -0.480 e. The van der Waals surface area contributed by atoms with Gasteiger partial charge in [0.15, 0.2) is 0 Å². The van der Waals surface area contributed by atoms with Gasteiger partial charge in [0.05, 0.1) is 13.4 Å². The number of esters is 1. The number of hydrogen-bond donors (Lipinski definition) is 1. The normalized spacial score (nSPS) is 11.2. The lowest BCUT2D eigenvalue weighted by Crippen LogP contribution is -2.27. The fourth-order valence-corrected chi connectivity index (χ4v) is 1.91. The Bertz CT molecular complexity index is 421. The number of thioether (sulfide) groups is 1. The number of carbonyl (C=O) groups excluding carboxylic acids is 1. The summed E-state index contributed by atoms with van der Waals surface area (Å²) >= 11 is 1.22. The Kier molecular flexibility index (Phi) is 4.22. The van der Waals surface area contributed by atoms with Crippen LogP contribution in [0.25, 0.3) is 0 Å². The lowest BCUT2D eigenvalue weighted by atomic mass is 10.2. The molecule has 1 aromatic rings. The first-order chi connectivity index (χ1) is 7.88. The first-order valence-corrected chi connectivity index (χ1v) is 5.89. The third-order valence-corrected chi connectivity index (χ3v) is 3.57. The second-order valence-electron chi connectivity index (χ2n) is 3.87. The van der Waals surface area contributed by atoms with Gasteiger partial charge in [0.25, 0.3) is 0 Å². The number of carboxylic acid groups (broad SMARTS) is 1. The van der Waals surface area contributed by atoms with Crippen LogP contribution in [-0.4, -0.2) is 28.9 Å². The zero-order valence-corrected chi connectivity index (χ0v) is 10.7. The molecule has 1 heterocycles. The Morgan fingerprint density at radius 2 is 2.18 bits per heavy atom. The van der Waals surface area contributed by atoms with Gasteiger partial charge in [-0.2, -0.15) is 0 Å². The Morgan fingerprint density at radius 1 is 1.53 bits per heavy atom. The molecular weight excluding hydrogens is 244 g/mol. The van der Waals surface area contributed by atoms with Crippen molar-refractivity contribution in [3.05, 3.63) is 23.7 Å². The van der Waals surface area contributed by atoms with Crippen molar-refractivity contribution in [3.63, 3.8) is 0 Å². The molecule has 5 nitrogen and oxygen atoms in total. The third kappa shape index (κ3) is 3.26. The van der Waals surface area contributed by atoms with E-state index in [1.807, 2.05) is 0 Å². The summed E-state index contributed by atoms with van der Waals surface area (Å²) < 4.78 is 8.65.